The van der Waals surface area contributed by atoms with Crippen molar-refractivity contribution in [3.05, 3.63) is 30.1 Å². The van der Waals surface area contributed by atoms with Crippen molar-refractivity contribution in [3.8, 4) is 0 Å². The minimum absolute atomic E-state index is 0.138. The summed E-state index contributed by atoms with van der Waals surface area (Å²) in [6.45, 7) is 9.06. The van der Waals surface area contributed by atoms with Gasteiger partial charge < -0.3 is 9.80 Å². The van der Waals surface area contributed by atoms with Crippen LogP contribution in [0.2, 0.25) is 0 Å². The number of carbonyl (C=O) groups excluding carboxylic acids is 1. The number of anilines is 1. The molecule has 1 amide bonds. The number of likely N-dealkylation sites (tertiary alicyclic amines) is 1. The molecular weight excluding hydrogens is 267 g/mol. The lowest BCUT2D eigenvalue weighted by Crippen LogP contribution is -2.47. The first-order valence-electron chi connectivity index (χ1n) is 7.77. The summed E-state index contributed by atoms with van der Waals surface area (Å²) in [5.41, 5.74) is 0.768. The zero-order chi connectivity index (χ0) is 15.4. The van der Waals surface area contributed by atoms with Crippen molar-refractivity contribution in [1.29, 1.82) is 0 Å². The Balaban J connectivity index is 2.02. The van der Waals surface area contributed by atoms with Gasteiger partial charge in [-0.2, -0.15) is 0 Å². The fraction of sp³-hybridized carbons (Fsp3) is 0.588. The molecule has 2 atom stereocenters. The van der Waals surface area contributed by atoms with Crippen LogP contribution in [0, 0.1) is 17.7 Å². The minimum atomic E-state index is -0.265. The molecule has 1 fully saturated rings. The van der Waals surface area contributed by atoms with Crippen LogP contribution in [0.3, 0.4) is 0 Å². The first kappa shape index (κ1) is 15.8. The standard InChI is InChI=1S/C17H25FN2O/c1-4-19(16-7-5-6-15(18)9-16)12-17(21)20-10-13(2)8-14(3)11-20/h5-7,9,13-14H,4,8,10-12H2,1-3H3. The largest absolute Gasteiger partial charge is 0.362 e. The molecule has 0 aromatic heterocycles. The maximum absolute atomic E-state index is 13.3. The fourth-order valence-corrected chi connectivity index (χ4v) is 3.19. The summed E-state index contributed by atoms with van der Waals surface area (Å²) < 4.78 is 13.3. The van der Waals surface area contributed by atoms with E-state index in [1.54, 1.807) is 6.07 Å². The highest BCUT2D eigenvalue weighted by Crippen LogP contribution is 2.22. The molecule has 0 aliphatic carbocycles. The lowest BCUT2D eigenvalue weighted by Gasteiger charge is -2.36. The van der Waals surface area contributed by atoms with Crippen LogP contribution in [0.1, 0.15) is 27.2 Å². The predicted octanol–water partition coefficient (Wildman–Crippen LogP) is 3.16. The van der Waals surface area contributed by atoms with Crippen molar-refractivity contribution in [2.24, 2.45) is 11.8 Å². The van der Waals surface area contributed by atoms with Gasteiger partial charge in [0.05, 0.1) is 6.54 Å². The van der Waals surface area contributed by atoms with Gasteiger partial charge in [0, 0.05) is 25.3 Å². The number of likely N-dealkylation sites (N-methyl/N-ethyl adjacent to an activating group) is 1. The van der Waals surface area contributed by atoms with E-state index in [4.69, 9.17) is 0 Å². The first-order valence-corrected chi connectivity index (χ1v) is 7.77. The van der Waals surface area contributed by atoms with Crippen molar-refractivity contribution in [2.45, 2.75) is 27.2 Å². The number of carbonyl (C=O) groups is 1. The van der Waals surface area contributed by atoms with Crippen molar-refractivity contribution < 1.29 is 9.18 Å². The van der Waals surface area contributed by atoms with Gasteiger partial charge in [-0.1, -0.05) is 19.9 Å². The molecule has 0 N–H and O–H groups in total. The van der Waals surface area contributed by atoms with Gasteiger partial charge in [-0.25, -0.2) is 4.39 Å². The van der Waals surface area contributed by atoms with E-state index in [9.17, 15) is 9.18 Å². The zero-order valence-electron chi connectivity index (χ0n) is 13.2. The Morgan fingerprint density at radius 3 is 2.57 bits per heavy atom. The molecule has 0 radical (unpaired) electrons. The van der Waals surface area contributed by atoms with Gasteiger partial charge in [0.2, 0.25) is 5.91 Å². The highest BCUT2D eigenvalue weighted by molar-refractivity contribution is 5.81. The summed E-state index contributed by atoms with van der Waals surface area (Å²) >= 11 is 0. The second-order valence-electron chi connectivity index (χ2n) is 6.24. The van der Waals surface area contributed by atoms with Crippen molar-refractivity contribution in [3.63, 3.8) is 0 Å². The number of nitrogens with zero attached hydrogens (tertiary/aromatic N) is 2. The number of hydrogen-bond donors (Lipinski definition) is 0. The van der Waals surface area contributed by atoms with E-state index >= 15 is 0 Å². The van der Waals surface area contributed by atoms with Gasteiger partial charge in [0.15, 0.2) is 0 Å². The van der Waals surface area contributed by atoms with Crippen LogP contribution in [0.15, 0.2) is 24.3 Å². The summed E-state index contributed by atoms with van der Waals surface area (Å²) in [6, 6.07) is 6.44. The Morgan fingerprint density at radius 2 is 2.00 bits per heavy atom. The van der Waals surface area contributed by atoms with Gasteiger partial charge in [0.25, 0.3) is 0 Å². The topological polar surface area (TPSA) is 23.6 Å². The number of piperidine rings is 1. The van der Waals surface area contributed by atoms with Crippen molar-refractivity contribution in [1.82, 2.24) is 4.90 Å². The van der Waals surface area contributed by atoms with Crippen LogP contribution in [0.5, 0.6) is 0 Å². The second-order valence-corrected chi connectivity index (χ2v) is 6.24. The van der Waals surface area contributed by atoms with Gasteiger partial charge in [0.1, 0.15) is 5.82 Å². The van der Waals surface area contributed by atoms with Gasteiger partial charge in [-0.3, -0.25) is 4.79 Å². The van der Waals surface area contributed by atoms with E-state index in [1.807, 2.05) is 22.8 Å². The number of halogens is 1. The average molecular weight is 292 g/mol. The van der Waals surface area contributed by atoms with E-state index in [2.05, 4.69) is 13.8 Å². The summed E-state index contributed by atoms with van der Waals surface area (Å²) in [7, 11) is 0. The van der Waals surface area contributed by atoms with Gasteiger partial charge >= 0.3 is 0 Å². The normalized spacial score (nSPS) is 22.2. The Bertz CT molecular complexity index is 481. The monoisotopic (exact) mass is 292 g/mol. The van der Waals surface area contributed by atoms with E-state index in [0.717, 1.165) is 18.8 Å². The molecule has 116 valence electrons. The fourth-order valence-electron chi connectivity index (χ4n) is 3.19. The molecule has 2 rings (SSSR count). The second kappa shape index (κ2) is 6.92. The molecule has 1 saturated heterocycles. The molecule has 0 spiro atoms. The zero-order valence-corrected chi connectivity index (χ0v) is 13.2. The highest BCUT2D eigenvalue weighted by Gasteiger charge is 2.26. The van der Waals surface area contributed by atoms with Crippen LogP contribution in [0.25, 0.3) is 0 Å². The summed E-state index contributed by atoms with van der Waals surface area (Å²) in [5, 5.41) is 0. The minimum Gasteiger partial charge on any atom is -0.362 e. The number of benzene rings is 1. The summed E-state index contributed by atoms with van der Waals surface area (Å²) in [6.07, 6.45) is 1.19. The maximum atomic E-state index is 13.3. The van der Waals surface area contributed by atoms with Gasteiger partial charge in [-0.05, 0) is 43.4 Å². The van der Waals surface area contributed by atoms with E-state index in [-0.39, 0.29) is 11.7 Å². The van der Waals surface area contributed by atoms with E-state index < -0.39 is 0 Å². The quantitative estimate of drug-likeness (QED) is 0.851. The molecule has 1 aliphatic rings. The average Bonchev–Trinajstić information content (AvgIpc) is 2.43. The highest BCUT2D eigenvalue weighted by atomic mass is 19.1. The van der Waals surface area contributed by atoms with Crippen LogP contribution in [-0.2, 0) is 4.79 Å². The van der Waals surface area contributed by atoms with Crippen LogP contribution in [0.4, 0.5) is 10.1 Å². The molecule has 1 aliphatic heterocycles. The van der Waals surface area contributed by atoms with Crippen LogP contribution < -0.4 is 4.90 Å². The Hall–Kier alpha value is -1.58. The van der Waals surface area contributed by atoms with Crippen molar-refractivity contribution in [2.75, 3.05) is 31.1 Å². The summed E-state index contributed by atoms with van der Waals surface area (Å²) in [5.74, 6) is 0.988. The van der Waals surface area contributed by atoms with Crippen LogP contribution >= 0.6 is 0 Å². The Kier molecular flexibility index (Phi) is 5.21. The summed E-state index contributed by atoms with van der Waals surface area (Å²) in [4.78, 5) is 16.4. The molecule has 21 heavy (non-hydrogen) atoms. The maximum Gasteiger partial charge on any atom is 0.242 e. The third kappa shape index (κ3) is 4.19. The first-order chi connectivity index (χ1) is 9.99. The third-order valence-electron chi connectivity index (χ3n) is 4.10. The van der Waals surface area contributed by atoms with Crippen molar-refractivity contribution >= 4 is 11.6 Å². The number of amides is 1. The molecule has 4 heteroatoms. The molecule has 2 unspecified atom stereocenters. The SMILES string of the molecule is CCN(CC(=O)N1CC(C)CC(C)C1)c1cccc(F)c1. The molecule has 1 aromatic rings. The van der Waals surface area contributed by atoms with E-state index in [0.29, 0.717) is 24.9 Å². The molecular formula is C17H25FN2O. The molecule has 3 nitrogen and oxygen atoms in total. The van der Waals surface area contributed by atoms with Gasteiger partial charge in [-0.15, -0.1) is 0 Å². The lowest BCUT2D eigenvalue weighted by molar-refractivity contribution is -0.132. The number of rotatable bonds is 4. The molecule has 0 bridgehead atoms. The number of hydrogen-bond acceptors (Lipinski definition) is 2. The molecule has 1 aromatic carbocycles. The third-order valence-corrected chi connectivity index (χ3v) is 4.10. The Labute approximate surface area is 126 Å². The smallest absolute Gasteiger partial charge is 0.242 e. The molecule has 1 heterocycles. The van der Waals surface area contributed by atoms with E-state index in [1.165, 1.54) is 18.6 Å². The lowest BCUT2D eigenvalue weighted by atomic mass is 9.92. The Morgan fingerprint density at radius 1 is 1.33 bits per heavy atom. The predicted molar refractivity (Wildman–Crippen MR) is 83.8 cm³/mol. The van der Waals surface area contributed by atoms with Crippen LogP contribution in [-0.4, -0.2) is 37.0 Å². The molecule has 0 saturated carbocycles.